The van der Waals surface area contributed by atoms with Crippen LogP contribution in [0, 0.1) is 13.8 Å². The zero-order valence-electron chi connectivity index (χ0n) is 14.9. The standard InChI is InChI=1S/C20H20BrN3O2/c1-13-8-9-19(17(21)10-13)26-12-20(25)23-22-11-16-14(2)24(3)18-7-5-4-6-15(16)18/h4-11H,12H2,1-3H3,(H,23,25)/b22-11-. The van der Waals surface area contributed by atoms with E-state index in [0.29, 0.717) is 5.75 Å². The molecule has 0 saturated carbocycles. The largest absolute Gasteiger partial charge is 0.483 e. The van der Waals surface area contributed by atoms with E-state index in [9.17, 15) is 4.79 Å². The second-order valence-electron chi connectivity index (χ2n) is 6.09. The van der Waals surface area contributed by atoms with Gasteiger partial charge in [-0.15, -0.1) is 0 Å². The second-order valence-corrected chi connectivity index (χ2v) is 6.95. The van der Waals surface area contributed by atoms with Crippen molar-refractivity contribution >= 4 is 39.0 Å². The van der Waals surface area contributed by atoms with Gasteiger partial charge in [-0.3, -0.25) is 4.79 Å². The quantitative estimate of drug-likeness (QED) is 0.505. The predicted molar refractivity (Wildman–Crippen MR) is 108 cm³/mol. The van der Waals surface area contributed by atoms with Gasteiger partial charge in [-0.1, -0.05) is 24.3 Å². The summed E-state index contributed by atoms with van der Waals surface area (Å²) in [6, 6.07) is 13.8. The van der Waals surface area contributed by atoms with E-state index >= 15 is 0 Å². The fourth-order valence-electron chi connectivity index (χ4n) is 2.78. The van der Waals surface area contributed by atoms with Gasteiger partial charge in [0, 0.05) is 29.2 Å². The first kappa shape index (κ1) is 18.2. The number of nitrogens with zero attached hydrogens (tertiary/aromatic N) is 2. The molecule has 5 nitrogen and oxygen atoms in total. The number of hydrogen-bond donors (Lipinski definition) is 1. The predicted octanol–water partition coefficient (Wildman–Crippen LogP) is 4.09. The fraction of sp³-hybridized carbons (Fsp3) is 0.200. The summed E-state index contributed by atoms with van der Waals surface area (Å²) >= 11 is 3.43. The van der Waals surface area contributed by atoms with Crippen LogP contribution < -0.4 is 10.2 Å². The smallest absolute Gasteiger partial charge is 0.277 e. The van der Waals surface area contributed by atoms with Crippen molar-refractivity contribution in [3.8, 4) is 5.75 Å². The molecule has 1 N–H and O–H groups in total. The van der Waals surface area contributed by atoms with Gasteiger partial charge >= 0.3 is 0 Å². The highest BCUT2D eigenvalue weighted by Gasteiger charge is 2.10. The summed E-state index contributed by atoms with van der Waals surface area (Å²) in [5.41, 5.74) is 6.84. The van der Waals surface area contributed by atoms with Crippen LogP contribution in [0.3, 0.4) is 0 Å². The molecule has 1 heterocycles. The normalized spacial score (nSPS) is 11.2. The molecule has 2 aromatic carbocycles. The summed E-state index contributed by atoms with van der Waals surface area (Å²) in [6.45, 7) is 3.92. The minimum absolute atomic E-state index is 0.104. The lowest BCUT2D eigenvalue weighted by Crippen LogP contribution is -2.24. The van der Waals surface area contributed by atoms with Crippen molar-refractivity contribution in [2.75, 3.05) is 6.61 Å². The SMILES string of the molecule is Cc1ccc(OCC(=O)N/N=C\c2c(C)n(C)c3ccccc23)c(Br)c1. The monoisotopic (exact) mass is 413 g/mol. The first-order valence-electron chi connectivity index (χ1n) is 8.22. The summed E-state index contributed by atoms with van der Waals surface area (Å²) < 4.78 is 8.44. The van der Waals surface area contributed by atoms with Crippen molar-refractivity contribution in [2.24, 2.45) is 12.1 Å². The van der Waals surface area contributed by atoms with E-state index in [-0.39, 0.29) is 12.5 Å². The zero-order chi connectivity index (χ0) is 18.7. The number of amides is 1. The van der Waals surface area contributed by atoms with Crippen molar-refractivity contribution in [3.05, 3.63) is 63.8 Å². The van der Waals surface area contributed by atoms with Gasteiger partial charge in [0.05, 0.1) is 10.7 Å². The Bertz CT molecular complexity index is 992. The number of hydrazone groups is 1. The summed E-state index contributed by atoms with van der Waals surface area (Å²) in [6.07, 6.45) is 1.68. The average molecular weight is 414 g/mol. The maximum Gasteiger partial charge on any atom is 0.277 e. The number of benzene rings is 2. The number of carbonyl (C=O) groups is 1. The Hall–Kier alpha value is -2.60. The third-order valence-corrected chi connectivity index (χ3v) is 4.90. The molecule has 134 valence electrons. The molecular formula is C20H20BrN3O2. The maximum atomic E-state index is 12.0. The first-order valence-corrected chi connectivity index (χ1v) is 9.01. The Kier molecular flexibility index (Phi) is 5.42. The summed E-state index contributed by atoms with van der Waals surface area (Å²) in [5, 5.41) is 5.19. The molecule has 0 aliphatic rings. The third kappa shape index (κ3) is 3.80. The Morgan fingerprint density at radius 3 is 2.81 bits per heavy atom. The molecule has 0 spiro atoms. The van der Waals surface area contributed by atoms with Crippen LogP contribution >= 0.6 is 15.9 Å². The number of rotatable bonds is 5. The van der Waals surface area contributed by atoms with Crippen LogP contribution in [0.5, 0.6) is 5.75 Å². The van der Waals surface area contributed by atoms with Crippen LogP contribution in [0.25, 0.3) is 10.9 Å². The number of hydrogen-bond acceptors (Lipinski definition) is 3. The van der Waals surface area contributed by atoms with Crippen LogP contribution in [-0.2, 0) is 11.8 Å². The molecule has 6 heteroatoms. The van der Waals surface area contributed by atoms with Gasteiger partial charge in [-0.2, -0.15) is 5.10 Å². The lowest BCUT2D eigenvalue weighted by Gasteiger charge is -2.07. The van der Waals surface area contributed by atoms with Crippen LogP contribution in [0.1, 0.15) is 16.8 Å². The minimum Gasteiger partial charge on any atom is -0.483 e. The molecule has 0 fully saturated rings. The molecule has 0 bridgehead atoms. The fourth-order valence-corrected chi connectivity index (χ4v) is 3.39. The van der Waals surface area contributed by atoms with Crippen molar-refractivity contribution in [3.63, 3.8) is 0 Å². The van der Waals surface area contributed by atoms with Gasteiger partial charge in [0.25, 0.3) is 5.91 Å². The maximum absolute atomic E-state index is 12.0. The molecule has 0 radical (unpaired) electrons. The van der Waals surface area contributed by atoms with E-state index in [4.69, 9.17) is 4.74 Å². The summed E-state index contributed by atoms with van der Waals surface area (Å²) in [7, 11) is 2.01. The minimum atomic E-state index is -0.313. The van der Waals surface area contributed by atoms with Crippen molar-refractivity contribution in [2.45, 2.75) is 13.8 Å². The molecule has 3 aromatic rings. The van der Waals surface area contributed by atoms with Gasteiger partial charge in [0.15, 0.2) is 6.61 Å². The Labute approximate surface area is 160 Å². The van der Waals surface area contributed by atoms with Crippen LogP contribution in [0.4, 0.5) is 0 Å². The summed E-state index contributed by atoms with van der Waals surface area (Å²) in [5.74, 6) is 0.311. The number of aromatic nitrogens is 1. The Morgan fingerprint density at radius 2 is 2.04 bits per heavy atom. The van der Waals surface area contributed by atoms with Crippen LogP contribution in [0.15, 0.2) is 52.0 Å². The lowest BCUT2D eigenvalue weighted by atomic mass is 10.1. The van der Waals surface area contributed by atoms with E-state index in [1.807, 2.05) is 57.3 Å². The van der Waals surface area contributed by atoms with E-state index in [1.54, 1.807) is 6.21 Å². The second kappa shape index (κ2) is 7.74. The lowest BCUT2D eigenvalue weighted by molar-refractivity contribution is -0.123. The molecule has 0 aliphatic carbocycles. The molecule has 1 amide bonds. The number of halogens is 1. The van der Waals surface area contributed by atoms with Crippen molar-refractivity contribution < 1.29 is 9.53 Å². The average Bonchev–Trinajstić information content (AvgIpc) is 2.86. The topological polar surface area (TPSA) is 55.6 Å². The zero-order valence-corrected chi connectivity index (χ0v) is 16.5. The highest BCUT2D eigenvalue weighted by molar-refractivity contribution is 9.10. The van der Waals surface area contributed by atoms with E-state index < -0.39 is 0 Å². The van der Waals surface area contributed by atoms with Crippen molar-refractivity contribution in [1.82, 2.24) is 9.99 Å². The highest BCUT2D eigenvalue weighted by Crippen LogP contribution is 2.25. The number of ether oxygens (including phenoxy) is 1. The van der Waals surface area contributed by atoms with Gasteiger partial charge < -0.3 is 9.30 Å². The molecule has 3 rings (SSSR count). The van der Waals surface area contributed by atoms with E-state index in [0.717, 1.165) is 32.2 Å². The number of para-hydroxylation sites is 1. The molecule has 0 aliphatic heterocycles. The number of fused-ring (bicyclic) bond motifs is 1. The van der Waals surface area contributed by atoms with Crippen LogP contribution in [-0.4, -0.2) is 23.3 Å². The molecule has 0 saturated heterocycles. The third-order valence-electron chi connectivity index (χ3n) is 4.28. The highest BCUT2D eigenvalue weighted by atomic mass is 79.9. The molecule has 0 unspecified atom stereocenters. The van der Waals surface area contributed by atoms with Gasteiger partial charge in [0.2, 0.25) is 0 Å². The Balaban J connectivity index is 1.64. The molecule has 1 aromatic heterocycles. The molecular weight excluding hydrogens is 394 g/mol. The van der Waals surface area contributed by atoms with Crippen molar-refractivity contribution in [1.29, 1.82) is 0 Å². The number of carbonyl (C=O) groups excluding carboxylic acids is 1. The Morgan fingerprint density at radius 1 is 1.27 bits per heavy atom. The number of nitrogens with one attached hydrogen (secondary N) is 1. The van der Waals surface area contributed by atoms with Gasteiger partial charge in [0.1, 0.15) is 5.75 Å². The van der Waals surface area contributed by atoms with Gasteiger partial charge in [-0.05, 0) is 53.5 Å². The van der Waals surface area contributed by atoms with Gasteiger partial charge in [-0.25, -0.2) is 5.43 Å². The first-order chi connectivity index (χ1) is 12.5. The van der Waals surface area contributed by atoms with E-state index in [2.05, 4.69) is 37.1 Å². The molecule has 0 atom stereocenters. The molecule has 26 heavy (non-hydrogen) atoms. The number of aryl methyl sites for hydroxylation is 2. The van der Waals surface area contributed by atoms with E-state index in [1.165, 1.54) is 0 Å². The summed E-state index contributed by atoms with van der Waals surface area (Å²) in [4.78, 5) is 12.0. The van der Waals surface area contributed by atoms with Crippen LogP contribution in [0.2, 0.25) is 0 Å².